The van der Waals surface area contributed by atoms with E-state index < -0.39 is 5.97 Å². The van der Waals surface area contributed by atoms with Crippen LogP contribution in [-0.4, -0.2) is 17.7 Å². The molecule has 112 valence electrons. The van der Waals surface area contributed by atoms with Gasteiger partial charge in [-0.2, -0.15) is 0 Å². The standard InChI is InChI=1S/C19H18O3/c1-4-22-19(21)17-16-12(3)9-11(2)10-15(16)13-7-5-6-8-14(13)18(17)20/h5-10,20H,4H2,1-3H3. The molecule has 0 fully saturated rings. The van der Waals surface area contributed by atoms with Crippen molar-refractivity contribution >= 4 is 27.5 Å². The molecule has 3 nitrogen and oxygen atoms in total. The minimum atomic E-state index is -0.484. The molecule has 0 aliphatic heterocycles. The minimum absolute atomic E-state index is 0.00602. The van der Waals surface area contributed by atoms with Gasteiger partial charge in [0.2, 0.25) is 0 Å². The monoisotopic (exact) mass is 294 g/mol. The van der Waals surface area contributed by atoms with Crippen LogP contribution in [0.15, 0.2) is 36.4 Å². The maximum absolute atomic E-state index is 12.4. The van der Waals surface area contributed by atoms with Crippen LogP contribution in [0, 0.1) is 13.8 Å². The Labute approximate surface area is 129 Å². The first kappa shape index (κ1) is 14.4. The van der Waals surface area contributed by atoms with Crippen LogP contribution in [0.5, 0.6) is 5.75 Å². The first-order valence-corrected chi connectivity index (χ1v) is 7.36. The lowest BCUT2D eigenvalue weighted by molar-refractivity contribution is 0.0526. The first-order valence-electron chi connectivity index (χ1n) is 7.36. The molecular formula is C19H18O3. The summed E-state index contributed by atoms with van der Waals surface area (Å²) in [6.45, 7) is 6.01. The van der Waals surface area contributed by atoms with Gasteiger partial charge in [0.15, 0.2) is 0 Å². The number of fused-ring (bicyclic) bond motifs is 3. The zero-order valence-electron chi connectivity index (χ0n) is 12.9. The van der Waals surface area contributed by atoms with Crippen LogP contribution in [0.3, 0.4) is 0 Å². The highest BCUT2D eigenvalue weighted by molar-refractivity contribution is 6.20. The van der Waals surface area contributed by atoms with E-state index >= 15 is 0 Å². The average Bonchev–Trinajstić information content (AvgIpc) is 2.49. The van der Waals surface area contributed by atoms with E-state index in [2.05, 4.69) is 0 Å². The van der Waals surface area contributed by atoms with Crippen LogP contribution in [0.2, 0.25) is 0 Å². The molecule has 0 amide bonds. The Bertz CT molecular complexity index is 894. The smallest absolute Gasteiger partial charge is 0.342 e. The van der Waals surface area contributed by atoms with E-state index in [1.165, 1.54) is 0 Å². The molecule has 0 spiro atoms. The summed E-state index contributed by atoms with van der Waals surface area (Å²) in [5.41, 5.74) is 2.34. The summed E-state index contributed by atoms with van der Waals surface area (Å²) in [4.78, 5) is 12.4. The molecular weight excluding hydrogens is 276 g/mol. The van der Waals surface area contributed by atoms with Crippen molar-refractivity contribution in [2.45, 2.75) is 20.8 Å². The van der Waals surface area contributed by atoms with Crippen molar-refractivity contribution in [2.24, 2.45) is 0 Å². The number of aromatic hydroxyl groups is 1. The fourth-order valence-corrected chi connectivity index (χ4v) is 3.09. The van der Waals surface area contributed by atoms with Gasteiger partial charge in [0.05, 0.1) is 6.61 Å². The summed E-state index contributed by atoms with van der Waals surface area (Å²) in [5.74, 6) is -0.490. The van der Waals surface area contributed by atoms with Gasteiger partial charge >= 0.3 is 5.97 Å². The number of phenols is 1. The van der Waals surface area contributed by atoms with Crippen molar-refractivity contribution in [1.29, 1.82) is 0 Å². The molecule has 0 radical (unpaired) electrons. The van der Waals surface area contributed by atoms with Crippen LogP contribution < -0.4 is 0 Å². The van der Waals surface area contributed by atoms with Gasteiger partial charge in [-0.25, -0.2) is 4.79 Å². The number of hydrogen-bond donors (Lipinski definition) is 1. The number of hydrogen-bond acceptors (Lipinski definition) is 3. The lowest BCUT2D eigenvalue weighted by Gasteiger charge is -2.15. The molecule has 0 saturated carbocycles. The fraction of sp³-hybridized carbons (Fsp3) is 0.211. The Kier molecular flexibility index (Phi) is 3.49. The van der Waals surface area contributed by atoms with E-state index in [1.54, 1.807) is 6.92 Å². The van der Waals surface area contributed by atoms with E-state index in [9.17, 15) is 9.90 Å². The van der Waals surface area contributed by atoms with Gasteiger partial charge in [-0.3, -0.25) is 0 Å². The minimum Gasteiger partial charge on any atom is -0.506 e. The third-order valence-corrected chi connectivity index (χ3v) is 3.92. The Morgan fingerprint density at radius 2 is 1.77 bits per heavy atom. The largest absolute Gasteiger partial charge is 0.506 e. The predicted octanol–water partition coefficient (Wildman–Crippen LogP) is 4.49. The number of phenolic OH excluding ortho intramolecular Hbond substituents is 1. The molecule has 0 aliphatic carbocycles. The van der Waals surface area contributed by atoms with Gasteiger partial charge in [-0.05, 0) is 37.1 Å². The highest BCUT2D eigenvalue weighted by Gasteiger charge is 2.21. The SMILES string of the molecule is CCOC(=O)c1c(O)c2ccccc2c2cc(C)cc(C)c12. The fourth-order valence-electron chi connectivity index (χ4n) is 3.09. The highest BCUT2D eigenvalue weighted by Crippen LogP contribution is 2.39. The van der Waals surface area contributed by atoms with Crippen LogP contribution in [-0.2, 0) is 4.74 Å². The van der Waals surface area contributed by atoms with Crippen LogP contribution in [0.4, 0.5) is 0 Å². The van der Waals surface area contributed by atoms with E-state index in [4.69, 9.17) is 4.74 Å². The predicted molar refractivity (Wildman–Crippen MR) is 88.5 cm³/mol. The quantitative estimate of drug-likeness (QED) is 0.559. The van der Waals surface area contributed by atoms with E-state index in [-0.39, 0.29) is 17.9 Å². The molecule has 22 heavy (non-hydrogen) atoms. The molecule has 0 atom stereocenters. The van der Waals surface area contributed by atoms with Crippen molar-refractivity contribution in [3.63, 3.8) is 0 Å². The Balaban J connectivity index is 2.56. The van der Waals surface area contributed by atoms with Crippen molar-refractivity contribution in [2.75, 3.05) is 6.61 Å². The van der Waals surface area contributed by atoms with Gasteiger partial charge in [0, 0.05) is 10.8 Å². The number of benzene rings is 3. The van der Waals surface area contributed by atoms with Gasteiger partial charge in [0.25, 0.3) is 0 Å². The molecule has 0 heterocycles. The van der Waals surface area contributed by atoms with Crippen molar-refractivity contribution < 1.29 is 14.6 Å². The average molecular weight is 294 g/mol. The lowest BCUT2D eigenvalue weighted by Crippen LogP contribution is -2.07. The van der Waals surface area contributed by atoms with Crippen molar-refractivity contribution in [3.8, 4) is 5.75 Å². The summed E-state index contributed by atoms with van der Waals surface area (Å²) in [6, 6.07) is 11.6. The number of aryl methyl sites for hydroxylation is 2. The molecule has 0 unspecified atom stereocenters. The summed E-state index contributed by atoms with van der Waals surface area (Å²) < 4.78 is 5.15. The molecule has 1 N–H and O–H groups in total. The number of carbonyl (C=O) groups is 1. The third kappa shape index (κ3) is 2.10. The maximum atomic E-state index is 12.4. The van der Waals surface area contributed by atoms with Gasteiger partial charge in [-0.15, -0.1) is 0 Å². The molecule has 0 aliphatic rings. The maximum Gasteiger partial charge on any atom is 0.342 e. The zero-order chi connectivity index (χ0) is 15.9. The summed E-state index contributed by atoms with van der Waals surface area (Å²) >= 11 is 0. The van der Waals surface area contributed by atoms with Crippen molar-refractivity contribution in [1.82, 2.24) is 0 Å². The van der Waals surface area contributed by atoms with Crippen molar-refractivity contribution in [3.05, 3.63) is 53.1 Å². The first-order chi connectivity index (χ1) is 10.5. The normalized spacial score (nSPS) is 11.0. The number of carbonyl (C=O) groups excluding carboxylic acids is 1. The number of esters is 1. The Morgan fingerprint density at radius 3 is 2.45 bits per heavy atom. The molecule has 3 aromatic carbocycles. The zero-order valence-corrected chi connectivity index (χ0v) is 12.9. The van der Waals surface area contributed by atoms with Crippen LogP contribution in [0.25, 0.3) is 21.5 Å². The second kappa shape index (κ2) is 5.34. The summed E-state index contributed by atoms with van der Waals surface area (Å²) in [7, 11) is 0. The van der Waals surface area contributed by atoms with Crippen LogP contribution >= 0.6 is 0 Å². The summed E-state index contributed by atoms with van der Waals surface area (Å²) in [6.07, 6.45) is 0. The molecule has 3 heteroatoms. The second-order valence-electron chi connectivity index (χ2n) is 5.49. The molecule has 0 saturated heterocycles. The molecule has 0 bridgehead atoms. The number of ether oxygens (including phenoxy) is 1. The third-order valence-electron chi connectivity index (χ3n) is 3.92. The lowest BCUT2D eigenvalue weighted by atomic mass is 9.92. The van der Waals surface area contributed by atoms with Gasteiger partial charge in [-0.1, -0.05) is 42.0 Å². The second-order valence-corrected chi connectivity index (χ2v) is 5.49. The molecule has 3 aromatic rings. The van der Waals surface area contributed by atoms with E-state index in [0.717, 1.165) is 27.3 Å². The van der Waals surface area contributed by atoms with E-state index in [1.807, 2.05) is 50.2 Å². The Hall–Kier alpha value is -2.55. The highest BCUT2D eigenvalue weighted by atomic mass is 16.5. The number of rotatable bonds is 2. The topological polar surface area (TPSA) is 46.5 Å². The molecule has 0 aromatic heterocycles. The van der Waals surface area contributed by atoms with E-state index in [0.29, 0.717) is 5.39 Å². The summed E-state index contributed by atoms with van der Waals surface area (Å²) in [5, 5.41) is 14.0. The van der Waals surface area contributed by atoms with Gasteiger partial charge < -0.3 is 9.84 Å². The molecule has 3 rings (SSSR count). The Morgan fingerprint density at radius 1 is 1.09 bits per heavy atom. The van der Waals surface area contributed by atoms with Crippen LogP contribution in [0.1, 0.15) is 28.4 Å². The van der Waals surface area contributed by atoms with Gasteiger partial charge in [0.1, 0.15) is 11.3 Å².